The third kappa shape index (κ3) is 4.60. The van der Waals surface area contributed by atoms with Gasteiger partial charge in [0.15, 0.2) is 0 Å². The highest BCUT2D eigenvalue weighted by Crippen LogP contribution is 2.22. The molecule has 0 saturated carbocycles. The van der Waals surface area contributed by atoms with E-state index in [-0.39, 0.29) is 6.04 Å². The number of nitrogens with zero attached hydrogens (tertiary/aromatic N) is 1. The minimum absolute atomic E-state index is 0.154. The van der Waals surface area contributed by atoms with Crippen molar-refractivity contribution in [1.82, 2.24) is 4.90 Å². The second kappa shape index (κ2) is 8.43. The summed E-state index contributed by atoms with van der Waals surface area (Å²) in [6, 6.07) is 8.53. The Bertz CT molecular complexity index is 374. The quantitative estimate of drug-likeness (QED) is 0.775. The molecule has 0 fully saturated rings. The lowest BCUT2D eigenvalue weighted by molar-refractivity contribution is 0.0527. The lowest BCUT2D eigenvalue weighted by atomic mass is 9.99. The van der Waals surface area contributed by atoms with E-state index in [0.717, 1.165) is 25.1 Å². The summed E-state index contributed by atoms with van der Waals surface area (Å²) in [6.45, 7) is 13.0. The zero-order chi connectivity index (χ0) is 15.1. The Morgan fingerprint density at radius 1 is 1.05 bits per heavy atom. The molecule has 0 bridgehead atoms. The fraction of sp³-hybridized carbons (Fsp3) is 0.667. The number of aryl methyl sites for hydroxylation is 1. The monoisotopic (exact) mass is 277 g/mol. The van der Waals surface area contributed by atoms with Gasteiger partial charge in [-0.1, -0.05) is 58.4 Å². The average Bonchev–Trinajstić information content (AvgIpc) is 2.50. The van der Waals surface area contributed by atoms with Gasteiger partial charge in [-0.15, -0.1) is 0 Å². The van der Waals surface area contributed by atoms with Crippen molar-refractivity contribution in [3.8, 4) is 0 Å². The Morgan fingerprint density at radius 3 is 2.10 bits per heavy atom. The molecule has 0 heterocycles. The lowest BCUT2D eigenvalue weighted by Crippen LogP contribution is -2.40. The van der Waals surface area contributed by atoms with Crippen molar-refractivity contribution >= 4 is 0 Å². The maximum atomic E-state index is 10.6. The molecular weight excluding hydrogens is 246 g/mol. The summed E-state index contributed by atoms with van der Waals surface area (Å²) >= 11 is 0. The first-order valence-corrected chi connectivity index (χ1v) is 8.04. The van der Waals surface area contributed by atoms with Crippen LogP contribution in [-0.2, 0) is 6.42 Å². The minimum atomic E-state index is -0.412. The Balaban J connectivity index is 2.74. The molecule has 0 radical (unpaired) electrons. The van der Waals surface area contributed by atoms with Crippen LogP contribution in [-0.4, -0.2) is 29.1 Å². The zero-order valence-electron chi connectivity index (χ0n) is 13.8. The van der Waals surface area contributed by atoms with Crippen LogP contribution >= 0.6 is 0 Å². The summed E-state index contributed by atoms with van der Waals surface area (Å²) < 4.78 is 0. The van der Waals surface area contributed by atoms with Crippen LogP contribution in [0.2, 0.25) is 0 Å². The molecule has 1 rings (SSSR count). The predicted molar refractivity (Wildman–Crippen MR) is 86.9 cm³/mol. The van der Waals surface area contributed by atoms with Gasteiger partial charge in [-0.3, -0.25) is 4.90 Å². The van der Waals surface area contributed by atoms with E-state index in [1.54, 1.807) is 0 Å². The summed E-state index contributed by atoms with van der Waals surface area (Å²) in [6.07, 6.45) is 1.82. The highest BCUT2D eigenvalue weighted by Gasteiger charge is 2.22. The summed E-state index contributed by atoms with van der Waals surface area (Å²) in [5, 5.41) is 10.6. The number of hydrogen-bond donors (Lipinski definition) is 1. The largest absolute Gasteiger partial charge is 0.387 e. The molecule has 0 amide bonds. The molecule has 1 aromatic carbocycles. The number of aliphatic hydroxyl groups is 1. The number of benzene rings is 1. The van der Waals surface area contributed by atoms with Crippen LogP contribution in [0.1, 0.15) is 58.3 Å². The molecule has 1 N–H and O–H groups in total. The van der Waals surface area contributed by atoms with E-state index in [4.69, 9.17) is 0 Å². The smallest absolute Gasteiger partial charge is 0.0942 e. The highest BCUT2D eigenvalue weighted by atomic mass is 16.3. The van der Waals surface area contributed by atoms with Crippen molar-refractivity contribution in [3.05, 3.63) is 35.4 Å². The molecule has 0 aliphatic carbocycles. The van der Waals surface area contributed by atoms with Gasteiger partial charge in [0.25, 0.3) is 0 Å². The van der Waals surface area contributed by atoms with Gasteiger partial charge in [0.2, 0.25) is 0 Å². The van der Waals surface area contributed by atoms with Crippen molar-refractivity contribution in [2.45, 2.75) is 59.6 Å². The van der Waals surface area contributed by atoms with E-state index in [1.165, 1.54) is 12.0 Å². The van der Waals surface area contributed by atoms with Gasteiger partial charge < -0.3 is 5.11 Å². The Morgan fingerprint density at radius 2 is 1.65 bits per heavy atom. The zero-order valence-corrected chi connectivity index (χ0v) is 13.8. The number of aliphatic hydroxyl groups excluding tert-OH is 1. The lowest BCUT2D eigenvalue weighted by Gasteiger charge is -2.33. The van der Waals surface area contributed by atoms with Gasteiger partial charge in [-0.05, 0) is 36.9 Å². The normalized spacial score (nSPS) is 16.1. The molecule has 3 atom stereocenters. The summed E-state index contributed by atoms with van der Waals surface area (Å²) in [5.41, 5.74) is 2.35. The van der Waals surface area contributed by atoms with E-state index < -0.39 is 6.10 Å². The van der Waals surface area contributed by atoms with Gasteiger partial charge in [-0.2, -0.15) is 0 Å². The average molecular weight is 277 g/mol. The maximum absolute atomic E-state index is 10.6. The summed E-state index contributed by atoms with van der Waals surface area (Å²) in [4.78, 5) is 2.38. The summed E-state index contributed by atoms with van der Waals surface area (Å²) in [5.74, 6) is 0.673. The molecule has 1 aromatic rings. The molecule has 3 unspecified atom stereocenters. The fourth-order valence-corrected chi connectivity index (χ4v) is 2.54. The van der Waals surface area contributed by atoms with Crippen LogP contribution < -0.4 is 0 Å². The standard InChI is InChI=1S/C18H31NO/c1-6-14(4)13-19(8-3)15(5)18(20)17-11-9-16(7-2)10-12-17/h9-12,14-15,18,20H,6-8,13H2,1-5H3. The second-order valence-electron chi connectivity index (χ2n) is 5.88. The van der Waals surface area contributed by atoms with Crippen LogP contribution in [0.15, 0.2) is 24.3 Å². The van der Waals surface area contributed by atoms with Gasteiger partial charge in [-0.25, -0.2) is 0 Å². The molecule has 2 heteroatoms. The van der Waals surface area contributed by atoms with Gasteiger partial charge >= 0.3 is 0 Å². The van der Waals surface area contributed by atoms with Gasteiger partial charge in [0.1, 0.15) is 0 Å². The van der Waals surface area contributed by atoms with Crippen molar-refractivity contribution < 1.29 is 5.11 Å². The van der Waals surface area contributed by atoms with E-state index in [2.05, 4.69) is 63.8 Å². The fourth-order valence-electron chi connectivity index (χ4n) is 2.54. The third-order valence-corrected chi connectivity index (χ3v) is 4.41. The Hall–Kier alpha value is -0.860. The SMILES string of the molecule is CCc1ccc(C(O)C(C)N(CC)CC(C)CC)cc1. The van der Waals surface area contributed by atoms with E-state index in [1.807, 2.05) is 0 Å². The van der Waals surface area contributed by atoms with E-state index in [0.29, 0.717) is 5.92 Å². The minimum Gasteiger partial charge on any atom is -0.387 e. The van der Waals surface area contributed by atoms with E-state index >= 15 is 0 Å². The van der Waals surface area contributed by atoms with E-state index in [9.17, 15) is 5.11 Å². The van der Waals surface area contributed by atoms with Crippen LogP contribution in [0.4, 0.5) is 0 Å². The van der Waals surface area contributed by atoms with Crippen LogP contribution in [0.5, 0.6) is 0 Å². The van der Waals surface area contributed by atoms with Crippen LogP contribution in [0.3, 0.4) is 0 Å². The van der Waals surface area contributed by atoms with Crippen LogP contribution in [0, 0.1) is 5.92 Å². The molecule has 20 heavy (non-hydrogen) atoms. The van der Waals surface area contributed by atoms with Crippen LogP contribution in [0.25, 0.3) is 0 Å². The van der Waals surface area contributed by atoms with Crippen molar-refractivity contribution in [2.75, 3.05) is 13.1 Å². The molecule has 0 aliphatic rings. The van der Waals surface area contributed by atoms with Gasteiger partial charge in [0, 0.05) is 12.6 Å². The molecule has 0 saturated heterocycles. The molecule has 0 spiro atoms. The molecule has 114 valence electrons. The van der Waals surface area contributed by atoms with Gasteiger partial charge in [0.05, 0.1) is 6.10 Å². The number of hydrogen-bond acceptors (Lipinski definition) is 2. The number of rotatable bonds is 8. The highest BCUT2D eigenvalue weighted by molar-refractivity contribution is 5.24. The number of likely N-dealkylation sites (N-methyl/N-ethyl adjacent to an activating group) is 1. The van der Waals surface area contributed by atoms with Crippen molar-refractivity contribution in [1.29, 1.82) is 0 Å². The Labute approximate surface area is 124 Å². The molecular formula is C18H31NO. The third-order valence-electron chi connectivity index (χ3n) is 4.41. The maximum Gasteiger partial charge on any atom is 0.0942 e. The predicted octanol–water partition coefficient (Wildman–Crippen LogP) is 4.04. The second-order valence-corrected chi connectivity index (χ2v) is 5.88. The van der Waals surface area contributed by atoms with Crippen molar-refractivity contribution in [3.63, 3.8) is 0 Å². The first kappa shape index (κ1) is 17.2. The molecule has 0 aliphatic heterocycles. The topological polar surface area (TPSA) is 23.5 Å². The van der Waals surface area contributed by atoms with Crippen molar-refractivity contribution in [2.24, 2.45) is 5.92 Å². The summed E-state index contributed by atoms with van der Waals surface area (Å²) in [7, 11) is 0. The molecule has 2 nitrogen and oxygen atoms in total. The Kier molecular flexibility index (Phi) is 7.25. The first-order valence-electron chi connectivity index (χ1n) is 8.04. The first-order chi connectivity index (χ1) is 9.53. The molecule has 0 aromatic heterocycles.